The van der Waals surface area contributed by atoms with E-state index in [2.05, 4.69) is 26.0 Å². The van der Waals surface area contributed by atoms with Gasteiger partial charge in [-0.2, -0.15) is 0 Å². The molecule has 1 N–H and O–H groups in total. The van der Waals surface area contributed by atoms with Crippen molar-refractivity contribution >= 4 is 5.97 Å². The van der Waals surface area contributed by atoms with Crippen LogP contribution in [0.4, 0.5) is 0 Å². The number of carboxylic acid groups (broad SMARTS) is 1. The minimum atomic E-state index is -0.876. The standard InChI is InChI=1S/C17H18O2/c1-11(2)13-5-4-6-14(9-13)15-8-7-12(3)16(10-15)17(18)19/h4-11H,1-3H3,(H,18,19). The second-order valence-corrected chi connectivity index (χ2v) is 5.12. The first-order valence-corrected chi connectivity index (χ1v) is 6.43. The van der Waals surface area contributed by atoms with Crippen LogP contribution < -0.4 is 0 Å². The van der Waals surface area contributed by atoms with E-state index >= 15 is 0 Å². The molecular weight excluding hydrogens is 236 g/mol. The number of aryl methyl sites for hydroxylation is 1. The van der Waals surface area contributed by atoms with E-state index in [9.17, 15) is 9.90 Å². The predicted octanol–water partition coefficient (Wildman–Crippen LogP) is 4.48. The molecule has 0 aliphatic carbocycles. The first-order valence-electron chi connectivity index (χ1n) is 6.43. The lowest BCUT2D eigenvalue weighted by Gasteiger charge is -2.10. The van der Waals surface area contributed by atoms with Crippen LogP contribution in [0.15, 0.2) is 42.5 Å². The first-order chi connectivity index (χ1) is 8.99. The van der Waals surface area contributed by atoms with Crippen molar-refractivity contribution < 1.29 is 9.90 Å². The summed E-state index contributed by atoms with van der Waals surface area (Å²) in [6.45, 7) is 6.12. The summed E-state index contributed by atoms with van der Waals surface area (Å²) in [5.74, 6) is -0.413. The van der Waals surface area contributed by atoms with Gasteiger partial charge < -0.3 is 5.11 Å². The molecule has 2 aromatic rings. The van der Waals surface area contributed by atoms with Crippen LogP contribution in [-0.4, -0.2) is 11.1 Å². The maximum atomic E-state index is 11.2. The van der Waals surface area contributed by atoms with Crippen LogP contribution >= 0.6 is 0 Å². The van der Waals surface area contributed by atoms with Gasteiger partial charge in [-0.25, -0.2) is 4.79 Å². The molecule has 0 bridgehead atoms. The number of carboxylic acids is 1. The average Bonchev–Trinajstić information content (AvgIpc) is 2.39. The molecule has 0 aromatic heterocycles. The highest BCUT2D eigenvalue weighted by atomic mass is 16.4. The first kappa shape index (κ1) is 13.3. The highest BCUT2D eigenvalue weighted by molar-refractivity contribution is 5.91. The minimum absolute atomic E-state index is 0.368. The van der Waals surface area contributed by atoms with E-state index < -0.39 is 5.97 Å². The van der Waals surface area contributed by atoms with Crippen LogP contribution in [0.5, 0.6) is 0 Å². The zero-order valence-corrected chi connectivity index (χ0v) is 11.5. The highest BCUT2D eigenvalue weighted by Crippen LogP contribution is 2.25. The van der Waals surface area contributed by atoms with Crippen LogP contribution in [-0.2, 0) is 0 Å². The molecule has 2 aromatic carbocycles. The molecule has 19 heavy (non-hydrogen) atoms. The average molecular weight is 254 g/mol. The Morgan fingerprint density at radius 1 is 1.05 bits per heavy atom. The van der Waals surface area contributed by atoms with Gasteiger partial charge in [-0.05, 0) is 41.2 Å². The van der Waals surface area contributed by atoms with Crippen LogP contribution in [0.25, 0.3) is 11.1 Å². The van der Waals surface area contributed by atoms with Crippen molar-refractivity contribution in [3.05, 3.63) is 59.2 Å². The highest BCUT2D eigenvalue weighted by Gasteiger charge is 2.09. The Bertz CT molecular complexity index is 612. The van der Waals surface area contributed by atoms with Gasteiger partial charge in [0.25, 0.3) is 0 Å². The third-order valence-corrected chi connectivity index (χ3v) is 3.35. The molecule has 2 rings (SSSR count). The van der Waals surface area contributed by atoms with Gasteiger partial charge in [0.15, 0.2) is 0 Å². The molecule has 0 fully saturated rings. The Morgan fingerprint density at radius 3 is 2.37 bits per heavy atom. The molecule has 2 heteroatoms. The third kappa shape index (κ3) is 2.84. The van der Waals surface area contributed by atoms with Crippen molar-refractivity contribution in [2.75, 3.05) is 0 Å². The van der Waals surface area contributed by atoms with Crippen molar-refractivity contribution in [1.29, 1.82) is 0 Å². The van der Waals surface area contributed by atoms with Crippen LogP contribution in [0.2, 0.25) is 0 Å². The number of carbonyl (C=O) groups is 1. The summed E-state index contributed by atoms with van der Waals surface area (Å²) in [7, 11) is 0. The predicted molar refractivity (Wildman–Crippen MR) is 77.7 cm³/mol. The SMILES string of the molecule is Cc1ccc(-c2cccc(C(C)C)c2)cc1C(=O)O. The molecule has 0 saturated carbocycles. The summed E-state index contributed by atoms with van der Waals surface area (Å²) < 4.78 is 0. The Morgan fingerprint density at radius 2 is 1.74 bits per heavy atom. The molecule has 0 atom stereocenters. The number of benzene rings is 2. The van der Waals surface area contributed by atoms with Crippen LogP contribution in [0, 0.1) is 6.92 Å². The molecule has 0 radical (unpaired) electrons. The third-order valence-electron chi connectivity index (χ3n) is 3.35. The summed E-state index contributed by atoms with van der Waals surface area (Å²) in [4.78, 5) is 11.2. The van der Waals surface area contributed by atoms with Crippen molar-refractivity contribution in [2.45, 2.75) is 26.7 Å². The Labute approximate surface area is 113 Å². The summed E-state index contributed by atoms with van der Waals surface area (Å²) in [6.07, 6.45) is 0. The Kier molecular flexibility index (Phi) is 3.70. The second-order valence-electron chi connectivity index (χ2n) is 5.12. The molecule has 0 heterocycles. The molecule has 2 nitrogen and oxygen atoms in total. The number of aromatic carboxylic acids is 1. The minimum Gasteiger partial charge on any atom is -0.478 e. The van der Waals surface area contributed by atoms with E-state index in [1.54, 1.807) is 6.07 Å². The fourth-order valence-electron chi connectivity index (χ4n) is 2.11. The molecule has 0 spiro atoms. The van der Waals surface area contributed by atoms with Gasteiger partial charge >= 0.3 is 5.97 Å². The van der Waals surface area contributed by atoms with Gasteiger partial charge in [0, 0.05) is 0 Å². The van der Waals surface area contributed by atoms with E-state index in [0.717, 1.165) is 16.7 Å². The van der Waals surface area contributed by atoms with Crippen molar-refractivity contribution in [1.82, 2.24) is 0 Å². The normalized spacial score (nSPS) is 10.7. The van der Waals surface area contributed by atoms with Crippen molar-refractivity contribution in [3.63, 3.8) is 0 Å². The van der Waals surface area contributed by atoms with Crippen molar-refractivity contribution in [2.24, 2.45) is 0 Å². The smallest absolute Gasteiger partial charge is 0.335 e. The fraction of sp³-hybridized carbons (Fsp3) is 0.235. The lowest BCUT2D eigenvalue weighted by atomic mass is 9.95. The molecule has 0 aliphatic heterocycles. The lowest BCUT2D eigenvalue weighted by Crippen LogP contribution is -1.99. The quantitative estimate of drug-likeness (QED) is 0.876. The van der Waals surface area contributed by atoms with E-state index in [0.29, 0.717) is 11.5 Å². The number of hydrogen-bond donors (Lipinski definition) is 1. The van der Waals surface area contributed by atoms with E-state index in [1.165, 1.54) is 5.56 Å². The largest absolute Gasteiger partial charge is 0.478 e. The monoisotopic (exact) mass is 254 g/mol. The summed E-state index contributed by atoms with van der Waals surface area (Å²) in [6, 6.07) is 13.8. The molecule has 0 aliphatic rings. The van der Waals surface area contributed by atoms with Crippen LogP contribution in [0.1, 0.15) is 41.3 Å². The zero-order valence-electron chi connectivity index (χ0n) is 11.5. The summed E-state index contributed by atoms with van der Waals surface area (Å²) in [5.41, 5.74) is 4.43. The Balaban J connectivity index is 2.50. The van der Waals surface area contributed by atoms with Gasteiger partial charge in [0.05, 0.1) is 5.56 Å². The van der Waals surface area contributed by atoms with E-state index in [4.69, 9.17) is 0 Å². The van der Waals surface area contributed by atoms with Crippen LogP contribution in [0.3, 0.4) is 0 Å². The van der Waals surface area contributed by atoms with Gasteiger partial charge in [0.1, 0.15) is 0 Å². The second kappa shape index (κ2) is 5.27. The van der Waals surface area contributed by atoms with Gasteiger partial charge in [-0.15, -0.1) is 0 Å². The maximum Gasteiger partial charge on any atom is 0.335 e. The summed E-state index contributed by atoms with van der Waals surface area (Å²) >= 11 is 0. The molecule has 98 valence electrons. The molecular formula is C17H18O2. The topological polar surface area (TPSA) is 37.3 Å². The molecule has 0 saturated heterocycles. The molecule has 0 unspecified atom stereocenters. The van der Waals surface area contributed by atoms with Gasteiger partial charge in [-0.3, -0.25) is 0 Å². The summed E-state index contributed by atoms with van der Waals surface area (Å²) in [5, 5.41) is 9.18. The van der Waals surface area contributed by atoms with Gasteiger partial charge in [-0.1, -0.05) is 50.2 Å². The Hall–Kier alpha value is -2.09. The van der Waals surface area contributed by atoms with Gasteiger partial charge in [0.2, 0.25) is 0 Å². The number of hydrogen-bond acceptors (Lipinski definition) is 1. The van der Waals surface area contributed by atoms with Crippen molar-refractivity contribution in [3.8, 4) is 11.1 Å². The lowest BCUT2D eigenvalue weighted by molar-refractivity contribution is 0.0696. The van der Waals surface area contributed by atoms with E-state index in [-0.39, 0.29) is 0 Å². The fourth-order valence-corrected chi connectivity index (χ4v) is 2.11. The number of rotatable bonds is 3. The maximum absolute atomic E-state index is 11.2. The molecule has 0 amide bonds. The zero-order chi connectivity index (χ0) is 14.0. The van der Waals surface area contributed by atoms with E-state index in [1.807, 2.05) is 31.2 Å².